The van der Waals surface area contributed by atoms with Gasteiger partial charge in [0.05, 0.1) is 0 Å². The maximum atomic E-state index is 13.6. The standard InChI is InChI=1S/C18H27FN2S/c19-17-5-1-2-6-18(17)22-14-13-20-11-7-16(8-12-20)15-21-9-3-4-10-21/h1-2,5-6,16H,3-4,7-15H2. The molecule has 1 aromatic carbocycles. The number of thioether (sulfide) groups is 1. The summed E-state index contributed by atoms with van der Waals surface area (Å²) in [6.45, 7) is 7.47. The summed E-state index contributed by atoms with van der Waals surface area (Å²) in [6.07, 6.45) is 5.46. The van der Waals surface area contributed by atoms with E-state index in [4.69, 9.17) is 0 Å². The summed E-state index contributed by atoms with van der Waals surface area (Å²) in [5.74, 6) is 1.79. The van der Waals surface area contributed by atoms with Crippen LogP contribution in [0.4, 0.5) is 4.39 Å². The molecule has 0 aliphatic carbocycles. The average molecular weight is 322 g/mol. The molecule has 2 aliphatic rings. The quantitative estimate of drug-likeness (QED) is 0.737. The first kappa shape index (κ1) is 16.3. The Labute approximate surface area is 138 Å². The van der Waals surface area contributed by atoms with Crippen molar-refractivity contribution in [3.8, 4) is 0 Å². The van der Waals surface area contributed by atoms with Crippen LogP contribution >= 0.6 is 11.8 Å². The minimum atomic E-state index is -0.0863. The van der Waals surface area contributed by atoms with Crippen LogP contribution in [0.25, 0.3) is 0 Å². The van der Waals surface area contributed by atoms with E-state index in [1.165, 1.54) is 58.4 Å². The maximum absolute atomic E-state index is 13.6. The highest BCUT2D eigenvalue weighted by Gasteiger charge is 2.22. The number of nitrogens with zero attached hydrogens (tertiary/aromatic N) is 2. The van der Waals surface area contributed by atoms with E-state index in [9.17, 15) is 4.39 Å². The Kier molecular flexibility index (Phi) is 6.16. The van der Waals surface area contributed by atoms with Crippen LogP contribution in [0, 0.1) is 11.7 Å². The third-order valence-electron chi connectivity index (χ3n) is 4.92. The molecule has 2 aliphatic heterocycles. The van der Waals surface area contributed by atoms with Crippen molar-refractivity contribution in [1.82, 2.24) is 9.80 Å². The van der Waals surface area contributed by atoms with Gasteiger partial charge in [-0.05, 0) is 69.9 Å². The molecule has 0 bridgehead atoms. The molecule has 0 spiro atoms. The summed E-state index contributed by atoms with van der Waals surface area (Å²) in [5, 5.41) is 0. The van der Waals surface area contributed by atoms with Crippen LogP contribution in [0.5, 0.6) is 0 Å². The van der Waals surface area contributed by atoms with Crippen LogP contribution in [0.2, 0.25) is 0 Å². The Bertz CT molecular complexity index is 454. The summed E-state index contributed by atoms with van der Waals surface area (Å²) >= 11 is 1.64. The number of rotatable bonds is 6. The van der Waals surface area contributed by atoms with Gasteiger partial charge in [0, 0.05) is 23.7 Å². The van der Waals surface area contributed by atoms with Gasteiger partial charge in [-0.2, -0.15) is 0 Å². The van der Waals surface area contributed by atoms with E-state index in [2.05, 4.69) is 9.80 Å². The van der Waals surface area contributed by atoms with Crippen molar-refractivity contribution >= 4 is 11.8 Å². The van der Waals surface area contributed by atoms with Crippen LogP contribution < -0.4 is 0 Å². The number of piperidine rings is 1. The molecule has 1 aromatic rings. The molecule has 0 atom stereocenters. The molecule has 3 rings (SSSR count). The topological polar surface area (TPSA) is 6.48 Å². The predicted octanol–water partition coefficient (Wildman–Crippen LogP) is 3.73. The second kappa shape index (κ2) is 8.32. The molecular formula is C18H27FN2S. The zero-order valence-electron chi connectivity index (χ0n) is 13.3. The van der Waals surface area contributed by atoms with Gasteiger partial charge in [-0.25, -0.2) is 4.39 Å². The molecule has 0 saturated carbocycles. The van der Waals surface area contributed by atoms with Gasteiger partial charge < -0.3 is 9.80 Å². The van der Waals surface area contributed by atoms with Gasteiger partial charge in [-0.15, -0.1) is 11.8 Å². The molecule has 22 heavy (non-hydrogen) atoms. The Morgan fingerprint density at radius 1 is 1.00 bits per heavy atom. The lowest BCUT2D eigenvalue weighted by atomic mass is 9.96. The lowest BCUT2D eigenvalue weighted by Gasteiger charge is -2.33. The second-order valence-corrected chi connectivity index (χ2v) is 7.71. The summed E-state index contributed by atoms with van der Waals surface area (Å²) in [5.41, 5.74) is 0. The predicted molar refractivity (Wildman–Crippen MR) is 92.0 cm³/mol. The third-order valence-corrected chi connectivity index (χ3v) is 5.95. The van der Waals surface area contributed by atoms with Crippen LogP contribution in [-0.2, 0) is 0 Å². The summed E-state index contributed by atoms with van der Waals surface area (Å²) in [6, 6.07) is 7.09. The van der Waals surface area contributed by atoms with Crippen LogP contribution in [0.15, 0.2) is 29.2 Å². The maximum Gasteiger partial charge on any atom is 0.136 e. The van der Waals surface area contributed by atoms with Gasteiger partial charge in [0.1, 0.15) is 5.82 Å². The lowest BCUT2D eigenvalue weighted by Crippen LogP contribution is -2.39. The van der Waals surface area contributed by atoms with Gasteiger partial charge in [0.25, 0.3) is 0 Å². The molecule has 0 amide bonds. The second-order valence-electron chi connectivity index (χ2n) is 6.57. The summed E-state index contributed by atoms with van der Waals surface area (Å²) in [4.78, 5) is 5.98. The molecular weight excluding hydrogens is 295 g/mol. The van der Waals surface area contributed by atoms with Crippen molar-refractivity contribution in [2.24, 2.45) is 5.92 Å². The van der Waals surface area contributed by atoms with Crippen molar-refractivity contribution < 1.29 is 4.39 Å². The van der Waals surface area contributed by atoms with E-state index in [0.29, 0.717) is 0 Å². The highest BCUT2D eigenvalue weighted by molar-refractivity contribution is 7.99. The first-order chi connectivity index (χ1) is 10.8. The van der Waals surface area contributed by atoms with Crippen LogP contribution in [-0.4, -0.2) is 54.8 Å². The molecule has 122 valence electrons. The van der Waals surface area contributed by atoms with E-state index < -0.39 is 0 Å². The lowest BCUT2D eigenvalue weighted by molar-refractivity contribution is 0.160. The smallest absolute Gasteiger partial charge is 0.136 e. The van der Waals surface area contributed by atoms with Crippen molar-refractivity contribution in [3.05, 3.63) is 30.1 Å². The number of hydrogen-bond donors (Lipinski definition) is 0. The average Bonchev–Trinajstić information content (AvgIpc) is 3.04. The molecule has 2 heterocycles. The Hall–Kier alpha value is -0.580. The number of likely N-dealkylation sites (tertiary alicyclic amines) is 2. The molecule has 2 fully saturated rings. The first-order valence-electron chi connectivity index (χ1n) is 8.63. The number of halogens is 1. The van der Waals surface area contributed by atoms with Gasteiger partial charge >= 0.3 is 0 Å². The Morgan fingerprint density at radius 3 is 2.45 bits per heavy atom. The van der Waals surface area contributed by atoms with E-state index in [1.807, 2.05) is 12.1 Å². The minimum Gasteiger partial charge on any atom is -0.303 e. The highest BCUT2D eigenvalue weighted by Crippen LogP contribution is 2.23. The number of hydrogen-bond acceptors (Lipinski definition) is 3. The Balaban J connectivity index is 1.33. The molecule has 0 aromatic heterocycles. The fourth-order valence-corrected chi connectivity index (χ4v) is 4.52. The zero-order chi connectivity index (χ0) is 15.2. The van der Waals surface area contributed by atoms with E-state index >= 15 is 0 Å². The largest absolute Gasteiger partial charge is 0.303 e. The SMILES string of the molecule is Fc1ccccc1SCCN1CCC(CN2CCCC2)CC1. The van der Waals surface area contributed by atoms with Crippen molar-refractivity contribution in [3.63, 3.8) is 0 Å². The molecule has 4 heteroatoms. The number of benzene rings is 1. The summed E-state index contributed by atoms with van der Waals surface area (Å²) in [7, 11) is 0. The normalized spacial score (nSPS) is 21.5. The van der Waals surface area contributed by atoms with E-state index in [1.54, 1.807) is 23.9 Å². The monoisotopic (exact) mass is 322 g/mol. The van der Waals surface area contributed by atoms with Gasteiger partial charge in [-0.1, -0.05) is 12.1 Å². The zero-order valence-corrected chi connectivity index (χ0v) is 14.2. The molecule has 0 unspecified atom stereocenters. The van der Waals surface area contributed by atoms with Gasteiger partial charge in [0.15, 0.2) is 0 Å². The molecule has 2 nitrogen and oxygen atoms in total. The fourth-order valence-electron chi connectivity index (χ4n) is 3.57. The first-order valence-corrected chi connectivity index (χ1v) is 9.62. The van der Waals surface area contributed by atoms with E-state index in [-0.39, 0.29) is 5.82 Å². The van der Waals surface area contributed by atoms with Crippen LogP contribution in [0.3, 0.4) is 0 Å². The third kappa shape index (κ3) is 4.71. The van der Waals surface area contributed by atoms with E-state index in [0.717, 1.165) is 23.1 Å². The van der Waals surface area contributed by atoms with Crippen molar-refractivity contribution in [2.45, 2.75) is 30.6 Å². The Morgan fingerprint density at radius 2 is 1.73 bits per heavy atom. The van der Waals surface area contributed by atoms with Crippen molar-refractivity contribution in [1.29, 1.82) is 0 Å². The molecule has 0 N–H and O–H groups in total. The minimum absolute atomic E-state index is 0.0863. The van der Waals surface area contributed by atoms with Gasteiger partial charge in [0.2, 0.25) is 0 Å². The van der Waals surface area contributed by atoms with Gasteiger partial charge in [-0.3, -0.25) is 0 Å². The van der Waals surface area contributed by atoms with Crippen molar-refractivity contribution in [2.75, 3.05) is 45.0 Å². The fraction of sp³-hybridized carbons (Fsp3) is 0.667. The summed E-state index contributed by atoms with van der Waals surface area (Å²) < 4.78 is 13.6. The highest BCUT2D eigenvalue weighted by atomic mass is 32.2. The molecule has 2 saturated heterocycles. The molecule has 0 radical (unpaired) electrons. The van der Waals surface area contributed by atoms with Crippen LogP contribution in [0.1, 0.15) is 25.7 Å².